The average Bonchev–Trinajstić information content (AvgIpc) is 3.14. The second kappa shape index (κ2) is 8.94. The van der Waals surface area contributed by atoms with E-state index in [-0.39, 0.29) is 30.1 Å². The zero-order chi connectivity index (χ0) is 22.1. The van der Waals surface area contributed by atoms with Crippen LogP contribution in [0.4, 0.5) is 11.5 Å². The van der Waals surface area contributed by atoms with Crippen molar-refractivity contribution in [1.29, 1.82) is 0 Å². The predicted molar refractivity (Wildman–Crippen MR) is 124 cm³/mol. The van der Waals surface area contributed by atoms with Gasteiger partial charge in [-0.2, -0.15) is 0 Å². The highest BCUT2D eigenvalue weighted by Crippen LogP contribution is 2.29. The molecule has 0 radical (unpaired) electrons. The standard InChI is InChI=1S/C23H28BrN5O2/c1-15(2)22-25-16(3)11-20(26-22)27-7-9-28(10-8-27)23(31)17-12-21(30)29(14-17)19-6-4-5-18(24)13-19/h4-6,11,13,15,17H,7-10,12,14H2,1-3H3. The molecule has 2 aromatic rings. The number of carbonyl (C=O) groups is 2. The molecule has 0 aliphatic carbocycles. The second-order valence-corrected chi connectivity index (χ2v) is 9.49. The molecule has 2 amide bonds. The fourth-order valence-corrected chi connectivity index (χ4v) is 4.56. The summed E-state index contributed by atoms with van der Waals surface area (Å²) in [6.07, 6.45) is 0.272. The summed E-state index contributed by atoms with van der Waals surface area (Å²) in [6, 6.07) is 9.66. The third kappa shape index (κ3) is 4.74. The summed E-state index contributed by atoms with van der Waals surface area (Å²) in [6.45, 7) is 9.36. The number of hydrogen-bond donors (Lipinski definition) is 0. The van der Waals surface area contributed by atoms with Gasteiger partial charge in [-0.05, 0) is 25.1 Å². The van der Waals surface area contributed by atoms with E-state index in [9.17, 15) is 9.59 Å². The van der Waals surface area contributed by atoms with Crippen molar-refractivity contribution in [2.75, 3.05) is 42.5 Å². The summed E-state index contributed by atoms with van der Waals surface area (Å²) in [5.74, 6) is 1.85. The van der Waals surface area contributed by atoms with Gasteiger partial charge in [-0.3, -0.25) is 9.59 Å². The van der Waals surface area contributed by atoms with E-state index in [1.165, 1.54) is 0 Å². The molecule has 0 N–H and O–H groups in total. The molecule has 0 saturated carbocycles. The molecule has 0 bridgehead atoms. The van der Waals surface area contributed by atoms with Crippen molar-refractivity contribution in [2.45, 2.75) is 33.1 Å². The monoisotopic (exact) mass is 485 g/mol. The molecular formula is C23H28BrN5O2. The van der Waals surface area contributed by atoms with E-state index in [2.05, 4.69) is 39.7 Å². The number of rotatable bonds is 4. The quantitative estimate of drug-likeness (QED) is 0.663. The minimum atomic E-state index is -0.285. The highest BCUT2D eigenvalue weighted by molar-refractivity contribution is 9.10. The van der Waals surface area contributed by atoms with Crippen LogP contribution in [0, 0.1) is 12.8 Å². The molecule has 31 heavy (non-hydrogen) atoms. The third-order valence-electron chi connectivity index (χ3n) is 5.88. The maximum absolute atomic E-state index is 13.1. The van der Waals surface area contributed by atoms with Gasteiger partial charge in [0.2, 0.25) is 11.8 Å². The molecule has 1 unspecified atom stereocenters. The van der Waals surface area contributed by atoms with Crippen LogP contribution in [-0.4, -0.2) is 59.4 Å². The van der Waals surface area contributed by atoms with E-state index in [1.807, 2.05) is 42.2 Å². The van der Waals surface area contributed by atoms with Crippen LogP contribution in [0.25, 0.3) is 0 Å². The molecule has 164 valence electrons. The molecular weight excluding hydrogens is 458 g/mol. The van der Waals surface area contributed by atoms with E-state index in [1.54, 1.807) is 4.90 Å². The largest absolute Gasteiger partial charge is 0.353 e. The lowest BCUT2D eigenvalue weighted by atomic mass is 10.1. The van der Waals surface area contributed by atoms with Crippen molar-refractivity contribution in [3.05, 3.63) is 46.3 Å². The summed E-state index contributed by atoms with van der Waals surface area (Å²) in [7, 11) is 0. The van der Waals surface area contributed by atoms with Gasteiger partial charge in [0.15, 0.2) is 0 Å². The lowest BCUT2D eigenvalue weighted by Gasteiger charge is -2.36. The number of amides is 2. The Hall–Kier alpha value is -2.48. The van der Waals surface area contributed by atoms with E-state index in [0.717, 1.165) is 40.6 Å². The predicted octanol–water partition coefficient (Wildman–Crippen LogP) is 3.37. The summed E-state index contributed by atoms with van der Waals surface area (Å²) in [5.41, 5.74) is 1.80. The topological polar surface area (TPSA) is 69.6 Å². The summed E-state index contributed by atoms with van der Waals surface area (Å²) < 4.78 is 0.921. The zero-order valence-corrected chi connectivity index (χ0v) is 19.8. The van der Waals surface area contributed by atoms with Crippen molar-refractivity contribution < 1.29 is 9.59 Å². The van der Waals surface area contributed by atoms with Gasteiger partial charge in [0.25, 0.3) is 0 Å². The van der Waals surface area contributed by atoms with E-state index in [4.69, 9.17) is 4.98 Å². The van der Waals surface area contributed by atoms with Gasteiger partial charge in [-0.15, -0.1) is 0 Å². The van der Waals surface area contributed by atoms with Crippen molar-refractivity contribution in [2.24, 2.45) is 5.92 Å². The van der Waals surface area contributed by atoms with Crippen LogP contribution in [-0.2, 0) is 9.59 Å². The highest BCUT2D eigenvalue weighted by atomic mass is 79.9. The van der Waals surface area contributed by atoms with Crippen molar-refractivity contribution in [3.8, 4) is 0 Å². The van der Waals surface area contributed by atoms with Gasteiger partial charge >= 0.3 is 0 Å². The number of piperazine rings is 1. The Labute approximate surface area is 191 Å². The lowest BCUT2D eigenvalue weighted by Crippen LogP contribution is -2.51. The normalized spacial score (nSPS) is 19.5. The molecule has 8 heteroatoms. The maximum Gasteiger partial charge on any atom is 0.228 e. The van der Waals surface area contributed by atoms with Crippen molar-refractivity contribution in [3.63, 3.8) is 0 Å². The smallest absolute Gasteiger partial charge is 0.228 e. The van der Waals surface area contributed by atoms with Gasteiger partial charge in [0.05, 0.1) is 5.92 Å². The second-order valence-electron chi connectivity index (χ2n) is 8.58. The van der Waals surface area contributed by atoms with E-state index in [0.29, 0.717) is 19.6 Å². The third-order valence-corrected chi connectivity index (χ3v) is 6.38. The molecule has 4 rings (SSSR count). The number of halogens is 1. The van der Waals surface area contributed by atoms with Crippen LogP contribution in [0.1, 0.15) is 37.7 Å². The van der Waals surface area contributed by atoms with Gasteiger partial charge in [-0.1, -0.05) is 35.8 Å². The molecule has 2 aliphatic rings. The lowest BCUT2D eigenvalue weighted by molar-refractivity contribution is -0.136. The molecule has 0 spiro atoms. The van der Waals surface area contributed by atoms with Gasteiger partial charge in [0.1, 0.15) is 11.6 Å². The first-order valence-corrected chi connectivity index (χ1v) is 11.6. The fourth-order valence-electron chi connectivity index (χ4n) is 4.18. The number of nitrogens with zero attached hydrogens (tertiary/aromatic N) is 5. The first-order valence-electron chi connectivity index (χ1n) is 10.8. The number of aryl methyl sites for hydroxylation is 1. The molecule has 7 nitrogen and oxygen atoms in total. The Kier molecular flexibility index (Phi) is 6.27. The molecule has 2 aliphatic heterocycles. The minimum Gasteiger partial charge on any atom is -0.353 e. The Balaban J connectivity index is 1.38. The van der Waals surface area contributed by atoms with E-state index < -0.39 is 0 Å². The van der Waals surface area contributed by atoms with Crippen LogP contribution in [0.3, 0.4) is 0 Å². The summed E-state index contributed by atoms with van der Waals surface area (Å²) in [5, 5.41) is 0. The van der Waals surface area contributed by atoms with Crippen LogP contribution in [0.5, 0.6) is 0 Å². The van der Waals surface area contributed by atoms with Crippen LogP contribution >= 0.6 is 15.9 Å². The summed E-state index contributed by atoms with van der Waals surface area (Å²) >= 11 is 3.45. The molecule has 1 atom stereocenters. The average molecular weight is 486 g/mol. The molecule has 3 heterocycles. The van der Waals surface area contributed by atoms with Crippen molar-refractivity contribution >= 4 is 39.2 Å². The highest BCUT2D eigenvalue weighted by Gasteiger charge is 2.38. The molecule has 1 aromatic carbocycles. The Morgan fingerprint density at radius 2 is 1.87 bits per heavy atom. The van der Waals surface area contributed by atoms with Gasteiger partial charge < -0.3 is 14.7 Å². The number of carbonyl (C=O) groups excluding carboxylic acids is 2. The molecule has 2 fully saturated rings. The van der Waals surface area contributed by atoms with Gasteiger partial charge in [-0.25, -0.2) is 9.97 Å². The number of aromatic nitrogens is 2. The number of benzene rings is 1. The Morgan fingerprint density at radius 3 is 2.55 bits per heavy atom. The number of anilines is 2. The van der Waals surface area contributed by atoms with Crippen molar-refractivity contribution in [1.82, 2.24) is 14.9 Å². The minimum absolute atomic E-state index is 0.00719. The van der Waals surface area contributed by atoms with Crippen LogP contribution in [0.15, 0.2) is 34.8 Å². The first-order chi connectivity index (χ1) is 14.8. The Morgan fingerprint density at radius 1 is 1.13 bits per heavy atom. The zero-order valence-electron chi connectivity index (χ0n) is 18.2. The molecule has 1 aromatic heterocycles. The first kappa shape index (κ1) is 21.7. The van der Waals surface area contributed by atoms with Crippen LogP contribution < -0.4 is 9.80 Å². The fraction of sp³-hybridized carbons (Fsp3) is 0.478. The van der Waals surface area contributed by atoms with Crippen LogP contribution in [0.2, 0.25) is 0 Å². The SMILES string of the molecule is Cc1cc(N2CCN(C(=O)C3CC(=O)N(c4cccc(Br)c4)C3)CC2)nc(C(C)C)n1. The molecule has 2 saturated heterocycles. The summed E-state index contributed by atoms with van der Waals surface area (Å²) in [4.78, 5) is 40.8. The Bertz CT molecular complexity index is 988. The maximum atomic E-state index is 13.1. The number of hydrogen-bond acceptors (Lipinski definition) is 5. The van der Waals surface area contributed by atoms with E-state index >= 15 is 0 Å². The van der Waals surface area contributed by atoms with Gasteiger partial charge in [0, 0.05) is 67.0 Å².